The lowest BCUT2D eigenvalue weighted by molar-refractivity contribution is 0.102. The number of hydrogen-bond donors (Lipinski definition) is 1. The molecular weight excluding hydrogens is 300 g/mol. The fourth-order valence-electron chi connectivity index (χ4n) is 2.50. The molecule has 0 atom stereocenters. The van der Waals surface area contributed by atoms with E-state index < -0.39 is 0 Å². The average molecular weight is 322 g/mol. The van der Waals surface area contributed by atoms with Crippen molar-refractivity contribution < 1.29 is 9.21 Å². The number of fused-ring (bicyclic) bond motifs is 1. The second kappa shape index (κ2) is 5.78. The van der Waals surface area contributed by atoms with Crippen molar-refractivity contribution in [3.63, 3.8) is 0 Å². The summed E-state index contributed by atoms with van der Waals surface area (Å²) in [5.74, 6) is 0.575. The molecule has 124 valence electrons. The van der Waals surface area contributed by atoms with Gasteiger partial charge in [-0.1, -0.05) is 38.5 Å². The zero-order chi connectivity index (χ0) is 17.5. The van der Waals surface area contributed by atoms with Gasteiger partial charge in [0.1, 0.15) is 5.52 Å². The van der Waals surface area contributed by atoms with Crippen molar-refractivity contribution in [1.29, 1.82) is 0 Å². The van der Waals surface area contributed by atoms with Crippen molar-refractivity contribution in [1.82, 2.24) is 4.98 Å². The summed E-state index contributed by atoms with van der Waals surface area (Å²) in [5.41, 5.74) is 4.74. The van der Waals surface area contributed by atoms with Gasteiger partial charge in [-0.2, -0.15) is 0 Å². The minimum absolute atomic E-state index is 0.116. The van der Waals surface area contributed by atoms with E-state index in [1.807, 2.05) is 50.2 Å². The zero-order valence-corrected chi connectivity index (χ0v) is 14.7. The predicted octanol–water partition coefficient (Wildman–Crippen LogP) is 4.99. The minimum Gasteiger partial charge on any atom is -0.440 e. The number of anilines is 1. The fourth-order valence-corrected chi connectivity index (χ4v) is 2.50. The molecule has 0 radical (unpaired) electrons. The lowest BCUT2D eigenvalue weighted by Crippen LogP contribution is -2.13. The summed E-state index contributed by atoms with van der Waals surface area (Å²) >= 11 is 0. The Morgan fingerprint density at radius 1 is 1.08 bits per heavy atom. The number of oxazole rings is 1. The summed E-state index contributed by atoms with van der Waals surface area (Å²) in [7, 11) is 0. The number of rotatable bonds is 2. The van der Waals surface area contributed by atoms with Crippen LogP contribution in [0.1, 0.15) is 48.1 Å². The molecule has 1 heterocycles. The van der Waals surface area contributed by atoms with E-state index in [0.717, 1.165) is 22.2 Å². The molecule has 0 unspecified atom stereocenters. The van der Waals surface area contributed by atoms with Gasteiger partial charge in [0, 0.05) is 16.7 Å². The van der Waals surface area contributed by atoms with Crippen LogP contribution in [0.3, 0.4) is 0 Å². The molecule has 0 spiro atoms. The summed E-state index contributed by atoms with van der Waals surface area (Å²) in [5, 5.41) is 2.95. The summed E-state index contributed by atoms with van der Waals surface area (Å²) in [6.45, 7) is 10.1. The van der Waals surface area contributed by atoms with E-state index in [4.69, 9.17) is 4.42 Å². The topological polar surface area (TPSA) is 55.1 Å². The third-order valence-electron chi connectivity index (χ3n) is 3.92. The molecule has 0 bridgehead atoms. The van der Waals surface area contributed by atoms with Gasteiger partial charge >= 0.3 is 0 Å². The SMILES string of the molecule is Cc1ccc(C)c(C(=O)Nc2ccc3oc(C(C)(C)C)nc3c2)c1. The van der Waals surface area contributed by atoms with Crippen molar-refractivity contribution in [3.05, 3.63) is 59.0 Å². The molecule has 0 aliphatic carbocycles. The molecule has 3 rings (SSSR count). The third-order valence-corrected chi connectivity index (χ3v) is 3.92. The molecule has 24 heavy (non-hydrogen) atoms. The van der Waals surface area contributed by atoms with Crippen molar-refractivity contribution in [2.75, 3.05) is 5.32 Å². The smallest absolute Gasteiger partial charge is 0.255 e. The number of carbonyl (C=O) groups excluding carboxylic acids is 1. The van der Waals surface area contributed by atoms with Crippen LogP contribution in [-0.2, 0) is 5.41 Å². The first-order chi connectivity index (χ1) is 11.2. The Balaban J connectivity index is 1.90. The number of hydrogen-bond acceptors (Lipinski definition) is 3. The second-order valence-electron chi connectivity index (χ2n) is 7.22. The van der Waals surface area contributed by atoms with Crippen LogP contribution >= 0.6 is 0 Å². The Bertz CT molecular complexity index is 917. The molecular formula is C20H22N2O2. The first kappa shape index (κ1) is 16.2. The van der Waals surface area contributed by atoms with E-state index in [-0.39, 0.29) is 11.3 Å². The Hall–Kier alpha value is -2.62. The molecule has 0 fully saturated rings. The van der Waals surface area contributed by atoms with E-state index in [0.29, 0.717) is 17.1 Å². The highest BCUT2D eigenvalue weighted by Crippen LogP contribution is 2.27. The minimum atomic E-state index is -0.152. The number of amides is 1. The van der Waals surface area contributed by atoms with Crippen LogP contribution < -0.4 is 5.32 Å². The predicted molar refractivity (Wildman–Crippen MR) is 96.6 cm³/mol. The molecule has 1 amide bonds. The molecule has 1 N–H and O–H groups in total. The van der Waals surface area contributed by atoms with Crippen LogP contribution in [0, 0.1) is 13.8 Å². The van der Waals surface area contributed by atoms with E-state index in [2.05, 4.69) is 31.1 Å². The van der Waals surface area contributed by atoms with Crippen LogP contribution in [0.5, 0.6) is 0 Å². The molecule has 0 saturated heterocycles. The second-order valence-corrected chi connectivity index (χ2v) is 7.22. The number of aryl methyl sites for hydroxylation is 2. The molecule has 4 heteroatoms. The van der Waals surface area contributed by atoms with Crippen molar-refractivity contribution in [3.8, 4) is 0 Å². The van der Waals surface area contributed by atoms with E-state index >= 15 is 0 Å². The maximum Gasteiger partial charge on any atom is 0.255 e. The molecule has 4 nitrogen and oxygen atoms in total. The highest BCUT2D eigenvalue weighted by Gasteiger charge is 2.21. The van der Waals surface area contributed by atoms with Gasteiger partial charge in [0.25, 0.3) is 5.91 Å². The third kappa shape index (κ3) is 3.18. The van der Waals surface area contributed by atoms with Gasteiger partial charge in [0.15, 0.2) is 5.58 Å². The van der Waals surface area contributed by atoms with E-state index in [9.17, 15) is 4.79 Å². The van der Waals surface area contributed by atoms with Gasteiger partial charge in [-0.15, -0.1) is 0 Å². The molecule has 0 aliphatic rings. The molecule has 0 aliphatic heterocycles. The fraction of sp³-hybridized carbons (Fsp3) is 0.300. The van der Waals surface area contributed by atoms with E-state index in [1.165, 1.54) is 0 Å². The van der Waals surface area contributed by atoms with Crippen molar-refractivity contribution in [2.24, 2.45) is 0 Å². The Morgan fingerprint density at radius 3 is 2.54 bits per heavy atom. The molecule has 1 aromatic heterocycles. The lowest BCUT2D eigenvalue weighted by Gasteiger charge is -2.11. The van der Waals surface area contributed by atoms with Crippen LogP contribution in [-0.4, -0.2) is 10.9 Å². The normalized spacial score (nSPS) is 11.7. The Morgan fingerprint density at radius 2 is 1.83 bits per heavy atom. The quantitative estimate of drug-likeness (QED) is 0.723. The first-order valence-corrected chi connectivity index (χ1v) is 8.04. The van der Waals surface area contributed by atoms with Crippen LogP contribution in [0.25, 0.3) is 11.1 Å². The van der Waals surface area contributed by atoms with Gasteiger partial charge in [-0.05, 0) is 43.7 Å². The van der Waals surface area contributed by atoms with Gasteiger partial charge in [-0.3, -0.25) is 4.79 Å². The maximum absolute atomic E-state index is 12.5. The summed E-state index contributed by atoms with van der Waals surface area (Å²) in [6, 6.07) is 11.4. The summed E-state index contributed by atoms with van der Waals surface area (Å²) in [6.07, 6.45) is 0. The van der Waals surface area contributed by atoms with Gasteiger partial charge in [-0.25, -0.2) is 4.98 Å². The average Bonchev–Trinajstić information content (AvgIpc) is 2.93. The molecule has 3 aromatic rings. The van der Waals surface area contributed by atoms with E-state index in [1.54, 1.807) is 0 Å². The number of nitrogens with zero attached hydrogens (tertiary/aromatic N) is 1. The van der Waals surface area contributed by atoms with Crippen LogP contribution in [0.2, 0.25) is 0 Å². The van der Waals surface area contributed by atoms with Gasteiger partial charge < -0.3 is 9.73 Å². The molecule has 0 saturated carbocycles. The standard InChI is InChI=1S/C20H22N2O2/c1-12-6-7-13(2)15(10-12)18(23)21-14-8-9-17-16(11-14)22-19(24-17)20(3,4)5/h6-11H,1-5H3,(H,21,23). The largest absolute Gasteiger partial charge is 0.440 e. The number of benzene rings is 2. The monoisotopic (exact) mass is 322 g/mol. The summed E-state index contributed by atoms with van der Waals surface area (Å²) in [4.78, 5) is 17.1. The number of nitrogens with one attached hydrogen (secondary N) is 1. The Labute approximate surface area is 141 Å². The lowest BCUT2D eigenvalue weighted by atomic mass is 9.97. The highest BCUT2D eigenvalue weighted by molar-refractivity contribution is 6.06. The Kier molecular flexibility index (Phi) is 3.91. The number of carbonyl (C=O) groups is 1. The highest BCUT2D eigenvalue weighted by atomic mass is 16.3. The van der Waals surface area contributed by atoms with Gasteiger partial charge in [0.05, 0.1) is 0 Å². The van der Waals surface area contributed by atoms with Gasteiger partial charge in [0.2, 0.25) is 5.89 Å². The van der Waals surface area contributed by atoms with Crippen molar-refractivity contribution >= 4 is 22.7 Å². The zero-order valence-electron chi connectivity index (χ0n) is 14.7. The number of aromatic nitrogens is 1. The molecule has 2 aromatic carbocycles. The summed E-state index contributed by atoms with van der Waals surface area (Å²) < 4.78 is 5.79. The maximum atomic E-state index is 12.5. The first-order valence-electron chi connectivity index (χ1n) is 8.04. The van der Waals surface area contributed by atoms with Crippen LogP contribution in [0.4, 0.5) is 5.69 Å². The van der Waals surface area contributed by atoms with Crippen LogP contribution in [0.15, 0.2) is 40.8 Å². The van der Waals surface area contributed by atoms with Crippen molar-refractivity contribution in [2.45, 2.75) is 40.0 Å².